The van der Waals surface area contributed by atoms with Crippen LogP contribution in [0.15, 0.2) is 30.3 Å². The average Bonchev–Trinajstić information content (AvgIpc) is 1.88. The van der Waals surface area contributed by atoms with Gasteiger partial charge >= 0.3 is 0 Å². The van der Waals surface area contributed by atoms with Crippen molar-refractivity contribution in [2.24, 2.45) is 0 Å². The van der Waals surface area contributed by atoms with Gasteiger partial charge in [-0.05, 0) is 27.6 Å². The van der Waals surface area contributed by atoms with Gasteiger partial charge in [-0.15, -0.1) is 0 Å². The standard InChI is InChI=1S/C7H7FIP/c8-10(9)6-7-4-2-1-3-5-7/h1-5H,6H2. The van der Waals surface area contributed by atoms with Crippen molar-refractivity contribution in [3.05, 3.63) is 35.9 Å². The van der Waals surface area contributed by atoms with E-state index in [0.717, 1.165) is 5.56 Å². The van der Waals surface area contributed by atoms with Crippen molar-refractivity contribution >= 4 is 27.9 Å². The summed E-state index contributed by atoms with van der Waals surface area (Å²) < 4.78 is 12.4. The van der Waals surface area contributed by atoms with Crippen molar-refractivity contribution in [1.29, 1.82) is 0 Å². The molecule has 0 heterocycles. The van der Waals surface area contributed by atoms with Crippen LogP contribution < -0.4 is 0 Å². The van der Waals surface area contributed by atoms with Crippen LogP contribution in [0, 0.1) is 0 Å². The molecule has 0 aliphatic rings. The quantitative estimate of drug-likeness (QED) is 0.563. The van der Waals surface area contributed by atoms with Crippen LogP contribution in [-0.2, 0) is 6.16 Å². The van der Waals surface area contributed by atoms with Crippen molar-refractivity contribution in [1.82, 2.24) is 0 Å². The predicted octanol–water partition coefficient (Wildman–Crippen LogP) is 3.90. The minimum Gasteiger partial charge on any atom is -0.215 e. The fourth-order valence-corrected chi connectivity index (χ4v) is 2.39. The summed E-state index contributed by atoms with van der Waals surface area (Å²) in [6, 6.07) is 9.72. The Morgan fingerprint density at radius 2 is 1.90 bits per heavy atom. The summed E-state index contributed by atoms with van der Waals surface area (Å²) in [5, 5.41) is 0. The fourth-order valence-electron chi connectivity index (χ4n) is 0.721. The SMILES string of the molecule is FP(I)Cc1ccccc1. The molecule has 0 fully saturated rings. The van der Waals surface area contributed by atoms with E-state index in [1.807, 2.05) is 52.4 Å². The number of hydrogen-bond acceptors (Lipinski definition) is 0. The van der Waals surface area contributed by atoms with E-state index in [2.05, 4.69) is 0 Å². The number of rotatable bonds is 2. The Hall–Kier alpha value is 0.310. The molecule has 0 radical (unpaired) electrons. The minimum atomic E-state index is -1.31. The van der Waals surface area contributed by atoms with Gasteiger partial charge in [0.15, 0.2) is 0 Å². The second kappa shape index (κ2) is 4.24. The van der Waals surface area contributed by atoms with Gasteiger partial charge in [-0.2, -0.15) is 0 Å². The third kappa shape index (κ3) is 2.93. The lowest BCUT2D eigenvalue weighted by atomic mass is 10.2. The zero-order valence-corrected chi connectivity index (χ0v) is 8.35. The molecule has 0 amide bonds. The normalized spacial score (nSPS) is 13.0. The first-order valence-corrected chi connectivity index (χ1v) is 7.12. The van der Waals surface area contributed by atoms with E-state index >= 15 is 0 Å². The molecule has 1 atom stereocenters. The fraction of sp³-hybridized carbons (Fsp3) is 0.143. The minimum absolute atomic E-state index is 0.580. The second-order valence-corrected chi connectivity index (χ2v) is 6.01. The monoisotopic (exact) mass is 268 g/mol. The Balaban J connectivity index is 2.59. The van der Waals surface area contributed by atoms with Gasteiger partial charge in [0.05, 0.1) is 0 Å². The molecule has 0 saturated carbocycles. The largest absolute Gasteiger partial charge is 0.215 e. The van der Waals surface area contributed by atoms with Gasteiger partial charge in [0, 0.05) is 6.16 Å². The molecule has 0 N–H and O–H groups in total. The van der Waals surface area contributed by atoms with E-state index in [1.54, 1.807) is 0 Å². The topological polar surface area (TPSA) is 0 Å². The molecule has 0 aromatic heterocycles. The molecule has 1 rings (SSSR count). The van der Waals surface area contributed by atoms with Gasteiger partial charge < -0.3 is 0 Å². The molecule has 0 aliphatic heterocycles. The molecule has 0 saturated heterocycles. The summed E-state index contributed by atoms with van der Waals surface area (Å²) in [6.07, 6.45) is 0.580. The summed E-state index contributed by atoms with van der Waals surface area (Å²) in [5.41, 5.74) is 1.09. The van der Waals surface area contributed by atoms with Crippen molar-refractivity contribution in [3.63, 3.8) is 0 Å². The maximum Gasteiger partial charge on any atom is 0.150 e. The predicted molar refractivity (Wildman–Crippen MR) is 52.2 cm³/mol. The molecule has 54 valence electrons. The van der Waals surface area contributed by atoms with Crippen LogP contribution in [0.5, 0.6) is 0 Å². The van der Waals surface area contributed by atoms with Crippen LogP contribution in [0.1, 0.15) is 5.56 Å². The third-order valence-electron chi connectivity index (χ3n) is 1.14. The van der Waals surface area contributed by atoms with E-state index in [-0.39, 0.29) is 0 Å². The summed E-state index contributed by atoms with van der Waals surface area (Å²) in [6.45, 7) is 0. The zero-order valence-electron chi connectivity index (χ0n) is 5.30. The van der Waals surface area contributed by atoms with Crippen molar-refractivity contribution in [3.8, 4) is 0 Å². The van der Waals surface area contributed by atoms with Crippen LogP contribution in [0.2, 0.25) is 0 Å². The second-order valence-electron chi connectivity index (χ2n) is 1.95. The summed E-state index contributed by atoms with van der Waals surface area (Å²) in [4.78, 5) is 0. The zero-order chi connectivity index (χ0) is 7.40. The van der Waals surface area contributed by atoms with E-state index < -0.39 is 5.87 Å². The Morgan fingerprint density at radius 3 is 2.40 bits per heavy atom. The smallest absolute Gasteiger partial charge is 0.150 e. The van der Waals surface area contributed by atoms with Crippen LogP contribution >= 0.6 is 27.9 Å². The average molecular weight is 268 g/mol. The first-order chi connectivity index (χ1) is 4.79. The lowest BCUT2D eigenvalue weighted by Gasteiger charge is -1.97. The highest BCUT2D eigenvalue weighted by Crippen LogP contribution is 2.49. The molecule has 0 bridgehead atoms. The molecule has 1 aromatic carbocycles. The Bertz CT molecular complexity index is 188. The first-order valence-electron chi connectivity index (χ1n) is 2.92. The molecule has 3 heteroatoms. The van der Waals surface area contributed by atoms with Gasteiger partial charge in [0.1, 0.15) is 5.87 Å². The highest BCUT2D eigenvalue weighted by molar-refractivity contribution is 14.2. The lowest BCUT2D eigenvalue weighted by Crippen LogP contribution is -1.74. The van der Waals surface area contributed by atoms with Gasteiger partial charge in [0.2, 0.25) is 0 Å². The maximum absolute atomic E-state index is 12.4. The van der Waals surface area contributed by atoms with Crippen LogP contribution in [0.25, 0.3) is 0 Å². The highest BCUT2D eigenvalue weighted by Gasteiger charge is 2.00. The van der Waals surface area contributed by atoms with E-state index in [9.17, 15) is 4.20 Å². The molecule has 0 aliphatic carbocycles. The number of hydrogen-bond donors (Lipinski definition) is 0. The molecule has 1 unspecified atom stereocenters. The molecule has 1 aromatic rings. The number of benzene rings is 1. The first kappa shape index (κ1) is 8.41. The van der Waals surface area contributed by atoms with E-state index in [4.69, 9.17) is 0 Å². The molecular formula is C7H7FIP. The molecule has 10 heavy (non-hydrogen) atoms. The maximum atomic E-state index is 12.4. The van der Waals surface area contributed by atoms with E-state index in [1.165, 1.54) is 0 Å². The summed E-state index contributed by atoms with van der Waals surface area (Å²) in [7, 11) is 0. The third-order valence-corrected chi connectivity index (χ3v) is 2.77. The highest BCUT2D eigenvalue weighted by atomic mass is 127. The molecular weight excluding hydrogens is 261 g/mol. The Morgan fingerprint density at radius 1 is 1.30 bits per heavy atom. The molecule has 0 nitrogen and oxygen atoms in total. The summed E-state index contributed by atoms with van der Waals surface area (Å²) in [5.74, 6) is -1.31. The van der Waals surface area contributed by atoms with E-state index in [0.29, 0.717) is 6.16 Å². The molecule has 0 spiro atoms. The van der Waals surface area contributed by atoms with Gasteiger partial charge in [-0.1, -0.05) is 30.3 Å². The number of halogens is 2. The van der Waals surface area contributed by atoms with Crippen molar-refractivity contribution < 1.29 is 4.20 Å². The van der Waals surface area contributed by atoms with Crippen LogP contribution in [0.3, 0.4) is 0 Å². The van der Waals surface area contributed by atoms with Gasteiger partial charge in [0.25, 0.3) is 0 Å². The van der Waals surface area contributed by atoms with Crippen molar-refractivity contribution in [2.75, 3.05) is 0 Å². The summed E-state index contributed by atoms with van der Waals surface area (Å²) >= 11 is 1.84. The Labute approximate surface area is 74.2 Å². The Kier molecular flexibility index (Phi) is 3.57. The van der Waals surface area contributed by atoms with Gasteiger partial charge in [-0.25, -0.2) is 4.20 Å². The van der Waals surface area contributed by atoms with Crippen LogP contribution in [0.4, 0.5) is 4.20 Å². The van der Waals surface area contributed by atoms with Crippen molar-refractivity contribution in [2.45, 2.75) is 6.16 Å². The van der Waals surface area contributed by atoms with Gasteiger partial charge in [-0.3, -0.25) is 0 Å². The lowest BCUT2D eigenvalue weighted by molar-refractivity contribution is 0.908. The van der Waals surface area contributed by atoms with Crippen LogP contribution in [-0.4, -0.2) is 0 Å².